The number of aromatic nitrogens is 1. The summed E-state index contributed by atoms with van der Waals surface area (Å²) in [4.78, 5) is 2.74. The predicted octanol–water partition coefficient (Wildman–Crippen LogP) is 2.13. The second-order valence-electron chi connectivity index (χ2n) is 2.27. The summed E-state index contributed by atoms with van der Waals surface area (Å²) >= 11 is 0. The maximum Gasteiger partial charge on any atom is 0.573 e. The van der Waals surface area contributed by atoms with Crippen LogP contribution in [0.1, 0.15) is 5.56 Å². The Morgan fingerprint density at radius 3 is 2.40 bits per heavy atom. The van der Waals surface area contributed by atoms with Gasteiger partial charge in [-0.2, -0.15) is 9.65 Å². The van der Waals surface area contributed by atoms with Gasteiger partial charge in [0, 0.05) is 0 Å². The Balaban J connectivity index is 3.23. The number of rotatable bonds is 1. The molecule has 1 heterocycles. The monoisotopic (exact) mass is 224 g/mol. The molecule has 1 aromatic heterocycles. The number of hydrogen-bond acceptors (Lipinski definition) is 3. The van der Waals surface area contributed by atoms with Crippen molar-refractivity contribution in [2.24, 2.45) is 0 Å². The summed E-state index contributed by atoms with van der Waals surface area (Å²) < 4.78 is 63.6. The van der Waals surface area contributed by atoms with E-state index >= 15 is 0 Å². The van der Waals surface area contributed by atoms with Crippen molar-refractivity contribution in [1.29, 1.82) is 5.26 Å². The van der Waals surface area contributed by atoms with Crippen molar-refractivity contribution >= 4 is 0 Å². The Labute approximate surface area is 79.7 Å². The predicted molar refractivity (Wildman–Crippen MR) is 35.6 cm³/mol. The van der Waals surface area contributed by atoms with E-state index in [4.69, 9.17) is 5.26 Å². The zero-order valence-corrected chi connectivity index (χ0v) is 6.77. The lowest BCUT2D eigenvalue weighted by Gasteiger charge is -2.09. The molecule has 8 heteroatoms. The SMILES string of the molecule is N#Cc1cnc(F)c(OC(F)(F)F)c1F. The van der Waals surface area contributed by atoms with Crippen LogP contribution in [0.5, 0.6) is 5.75 Å². The fourth-order valence-electron chi connectivity index (χ4n) is 0.730. The lowest BCUT2D eigenvalue weighted by atomic mass is 10.3. The van der Waals surface area contributed by atoms with Crippen LogP contribution in [0, 0.1) is 23.1 Å². The Morgan fingerprint density at radius 2 is 1.93 bits per heavy atom. The van der Waals surface area contributed by atoms with E-state index in [0.29, 0.717) is 6.20 Å². The van der Waals surface area contributed by atoms with Gasteiger partial charge in [0.1, 0.15) is 11.6 Å². The van der Waals surface area contributed by atoms with Crippen molar-refractivity contribution in [3.63, 3.8) is 0 Å². The fourth-order valence-corrected chi connectivity index (χ4v) is 0.730. The highest BCUT2D eigenvalue weighted by Gasteiger charge is 2.35. The molecule has 0 bridgehead atoms. The zero-order chi connectivity index (χ0) is 11.6. The molecule has 3 nitrogen and oxygen atoms in total. The Bertz CT molecular complexity index is 423. The number of pyridine rings is 1. The Morgan fingerprint density at radius 1 is 1.33 bits per heavy atom. The normalized spacial score (nSPS) is 10.9. The lowest BCUT2D eigenvalue weighted by molar-refractivity contribution is -0.276. The van der Waals surface area contributed by atoms with Gasteiger partial charge in [0.15, 0.2) is 5.82 Å². The van der Waals surface area contributed by atoms with Crippen LogP contribution in [0.25, 0.3) is 0 Å². The molecule has 0 N–H and O–H groups in total. The van der Waals surface area contributed by atoms with Gasteiger partial charge in [-0.3, -0.25) is 0 Å². The summed E-state index contributed by atoms with van der Waals surface area (Å²) in [6.45, 7) is 0. The van der Waals surface area contributed by atoms with Crippen LogP contribution < -0.4 is 4.74 Å². The van der Waals surface area contributed by atoms with Crippen LogP contribution in [0.2, 0.25) is 0 Å². The van der Waals surface area contributed by atoms with E-state index in [-0.39, 0.29) is 0 Å². The minimum atomic E-state index is -5.25. The highest BCUT2D eigenvalue weighted by Crippen LogP contribution is 2.28. The number of alkyl halides is 3. The summed E-state index contributed by atoms with van der Waals surface area (Å²) in [6.07, 6.45) is -4.79. The van der Waals surface area contributed by atoms with E-state index in [1.807, 2.05) is 0 Å². The molecule has 1 rings (SSSR count). The average Bonchev–Trinajstić information content (AvgIpc) is 2.11. The number of halogens is 5. The van der Waals surface area contributed by atoms with Gasteiger partial charge < -0.3 is 4.74 Å². The van der Waals surface area contributed by atoms with Crippen molar-refractivity contribution in [3.8, 4) is 11.8 Å². The molecule has 0 aliphatic carbocycles. The molecular formula is C7HF5N2O. The average molecular weight is 224 g/mol. The minimum Gasteiger partial charge on any atom is -0.398 e. The van der Waals surface area contributed by atoms with Gasteiger partial charge in [-0.1, -0.05) is 0 Å². The number of nitriles is 1. The van der Waals surface area contributed by atoms with Crippen LogP contribution in [0.4, 0.5) is 22.0 Å². The number of ether oxygens (including phenoxy) is 1. The number of nitrogens with zero attached hydrogens (tertiary/aromatic N) is 2. The van der Waals surface area contributed by atoms with Gasteiger partial charge in [-0.25, -0.2) is 9.37 Å². The largest absolute Gasteiger partial charge is 0.573 e. The van der Waals surface area contributed by atoms with Gasteiger partial charge in [-0.15, -0.1) is 13.2 Å². The molecule has 0 atom stereocenters. The molecule has 0 aliphatic rings. The Hall–Kier alpha value is -1.91. The van der Waals surface area contributed by atoms with Gasteiger partial charge >= 0.3 is 6.36 Å². The summed E-state index contributed by atoms with van der Waals surface area (Å²) in [7, 11) is 0. The molecule has 0 aliphatic heterocycles. The van der Waals surface area contributed by atoms with Crippen molar-refractivity contribution in [2.75, 3.05) is 0 Å². The summed E-state index contributed by atoms with van der Waals surface area (Å²) in [5.41, 5.74) is -0.837. The fraction of sp³-hybridized carbons (Fsp3) is 0.143. The molecule has 15 heavy (non-hydrogen) atoms. The third-order valence-corrected chi connectivity index (χ3v) is 1.27. The van der Waals surface area contributed by atoms with Crippen LogP contribution in [-0.2, 0) is 0 Å². The molecule has 1 aromatic rings. The van der Waals surface area contributed by atoms with Gasteiger partial charge in [-0.05, 0) is 0 Å². The zero-order valence-electron chi connectivity index (χ0n) is 6.77. The first-order valence-corrected chi connectivity index (χ1v) is 3.35. The lowest BCUT2D eigenvalue weighted by Crippen LogP contribution is -2.19. The quantitative estimate of drug-likeness (QED) is 0.542. The van der Waals surface area contributed by atoms with Crippen molar-refractivity contribution < 1.29 is 26.7 Å². The molecule has 0 radical (unpaired) electrons. The second kappa shape index (κ2) is 3.68. The van der Waals surface area contributed by atoms with Crippen molar-refractivity contribution in [1.82, 2.24) is 4.98 Å². The second-order valence-corrected chi connectivity index (χ2v) is 2.27. The molecule has 0 fully saturated rings. The highest BCUT2D eigenvalue weighted by atomic mass is 19.4. The molecule has 0 unspecified atom stereocenters. The van der Waals surface area contributed by atoms with Crippen LogP contribution in [0.3, 0.4) is 0 Å². The van der Waals surface area contributed by atoms with Crippen LogP contribution >= 0.6 is 0 Å². The first kappa shape index (κ1) is 11.2. The molecule has 0 saturated heterocycles. The maximum absolute atomic E-state index is 12.9. The molecule has 0 amide bonds. The molecule has 0 saturated carbocycles. The topological polar surface area (TPSA) is 45.9 Å². The smallest absolute Gasteiger partial charge is 0.398 e. The Kier molecular flexibility index (Phi) is 2.74. The highest BCUT2D eigenvalue weighted by molar-refractivity contribution is 5.35. The molecule has 0 spiro atoms. The first-order valence-electron chi connectivity index (χ1n) is 3.35. The number of hydrogen-bond donors (Lipinski definition) is 0. The summed E-state index contributed by atoms with van der Waals surface area (Å²) in [5.74, 6) is -5.24. The molecular weight excluding hydrogens is 223 g/mol. The van der Waals surface area contributed by atoms with Crippen LogP contribution in [-0.4, -0.2) is 11.3 Å². The van der Waals surface area contributed by atoms with E-state index in [0.717, 1.165) is 0 Å². The standard InChI is InChI=1S/C7HF5N2O/c8-4-3(1-13)2-14-6(9)5(4)15-7(10,11)12/h2H. The van der Waals surface area contributed by atoms with E-state index in [1.54, 1.807) is 0 Å². The van der Waals surface area contributed by atoms with Crippen molar-refractivity contribution in [2.45, 2.75) is 6.36 Å². The van der Waals surface area contributed by atoms with E-state index in [2.05, 4.69) is 9.72 Å². The third-order valence-electron chi connectivity index (χ3n) is 1.27. The van der Waals surface area contributed by atoms with E-state index in [1.165, 1.54) is 6.07 Å². The summed E-state index contributed by atoms with van der Waals surface area (Å²) in [6, 6.07) is 1.20. The van der Waals surface area contributed by atoms with Crippen molar-refractivity contribution in [3.05, 3.63) is 23.5 Å². The molecule has 80 valence electrons. The third kappa shape index (κ3) is 2.52. The summed E-state index contributed by atoms with van der Waals surface area (Å²) in [5, 5.41) is 8.24. The van der Waals surface area contributed by atoms with Gasteiger partial charge in [0.2, 0.25) is 5.75 Å². The molecule has 0 aromatic carbocycles. The van der Waals surface area contributed by atoms with E-state index < -0.39 is 29.4 Å². The van der Waals surface area contributed by atoms with Crippen LogP contribution in [0.15, 0.2) is 6.20 Å². The maximum atomic E-state index is 12.9. The minimum absolute atomic E-state index is 0.466. The van der Waals surface area contributed by atoms with E-state index in [9.17, 15) is 22.0 Å². The van der Waals surface area contributed by atoms with Gasteiger partial charge in [0.25, 0.3) is 5.95 Å². The first-order chi connectivity index (χ1) is 6.85. The van der Waals surface area contributed by atoms with Gasteiger partial charge in [0.05, 0.1) is 6.20 Å².